The summed E-state index contributed by atoms with van der Waals surface area (Å²) in [5, 5.41) is 0. The van der Waals surface area contributed by atoms with Gasteiger partial charge >= 0.3 is 6.18 Å². The molecule has 0 amide bonds. The lowest BCUT2D eigenvalue weighted by Crippen LogP contribution is -2.04. The average molecular weight is 330 g/mol. The molecular formula is C21H21F3. The first kappa shape index (κ1) is 18.1. The SMILES string of the molecule is CCC1=C/C(C#Cc2ccc(C(F)(F)F)cc2)=C\CCC/C(C)=C\1. The minimum Gasteiger partial charge on any atom is -0.166 e. The molecule has 0 fully saturated rings. The van der Waals surface area contributed by atoms with Gasteiger partial charge < -0.3 is 0 Å². The first-order chi connectivity index (χ1) is 11.4. The Hall–Kier alpha value is -2.21. The summed E-state index contributed by atoms with van der Waals surface area (Å²) in [6.07, 6.45) is 6.12. The zero-order chi connectivity index (χ0) is 17.6. The Morgan fingerprint density at radius 1 is 1.04 bits per heavy atom. The monoisotopic (exact) mass is 330 g/mol. The highest BCUT2D eigenvalue weighted by molar-refractivity contribution is 5.48. The van der Waals surface area contributed by atoms with Crippen molar-refractivity contribution in [3.05, 3.63) is 70.3 Å². The molecule has 0 saturated carbocycles. The second-order valence-corrected chi connectivity index (χ2v) is 5.94. The van der Waals surface area contributed by atoms with Gasteiger partial charge in [-0.05, 0) is 68.5 Å². The van der Waals surface area contributed by atoms with Crippen molar-refractivity contribution in [3.8, 4) is 11.8 Å². The van der Waals surface area contributed by atoms with Crippen LogP contribution in [0.5, 0.6) is 0 Å². The molecule has 24 heavy (non-hydrogen) atoms. The van der Waals surface area contributed by atoms with Crippen LogP contribution in [0.1, 0.15) is 50.7 Å². The van der Waals surface area contributed by atoms with E-state index in [0.717, 1.165) is 43.4 Å². The lowest BCUT2D eigenvalue weighted by atomic mass is 10.1. The molecule has 0 unspecified atom stereocenters. The van der Waals surface area contributed by atoms with Gasteiger partial charge in [-0.1, -0.05) is 36.5 Å². The Morgan fingerprint density at radius 3 is 2.38 bits per heavy atom. The minimum atomic E-state index is -4.31. The summed E-state index contributed by atoms with van der Waals surface area (Å²) in [6, 6.07) is 4.97. The van der Waals surface area contributed by atoms with Crippen molar-refractivity contribution in [2.75, 3.05) is 0 Å². The zero-order valence-corrected chi connectivity index (χ0v) is 14.0. The molecule has 2 rings (SSSR count). The van der Waals surface area contributed by atoms with E-state index in [0.29, 0.717) is 5.56 Å². The van der Waals surface area contributed by atoms with E-state index in [1.54, 1.807) is 0 Å². The Kier molecular flexibility index (Phi) is 6.09. The Bertz CT molecular complexity index is 717. The van der Waals surface area contributed by atoms with Crippen LogP contribution in [0.2, 0.25) is 0 Å². The van der Waals surface area contributed by atoms with Crippen LogP contribution in [0, 0.1) is 11.8 Å². The summed E-state index contributed by atoms with van der Waals surface area (Å²) in [5.41, 5.74) is 3.46. The zero-order valence-electron chi connectivity index (χ0n) is 14.0. The topological polar surface area (TPSA) is 0 Å². The maximum Gasteiger partial charge on any atom is 0.416 e. The van der Waals surface area contributed by atoms with Crippen LogP contribution in [0.25, 0.3) is 0 Å². The van der Waals surface area contributed by atoms with Gasteiger partial charge in [-0.15, -0.1) is 0 Å². The molecule has 1 aromatic rings. The van der Waals surface area contributed by atoms with E-state index < -0.39 is 11.7 Å². The van der Waals surface area contributed by atoms with Crippen molar-refractivity contribution in [2.24, 2.45) is 0 Å². The third-order valence-electron chi connectivity index (χ3n) is 3.88. The van der Waals surface area contributed by atoms with Crippen molar-refractivity contribution < 1.29 is 13.2 Å². The summed E-state index contributed by atoms with van der Waals surface area (Å²) in [5.74, 6) is 6.06. The first-order valence-corrected chi connectivity index (χ1v) is 8.15. The number of benzene rings is 1. The molecule has 126 valence electrons. The maximum absolute atomic E-state index is 12.6. The fourth-order valence-electron chi connectivity index (χ4n) is 2.51. The molecule has 1 aliphatic carbocycles. The predicted octanol–water partition coefficient (Wildman–Crippen LogP) is 6.45. The lowest BCUT2D eigenvalue weighted by Gasteiger charge is -2.05. The smallest absolute Gasteiger partial charge is 0.166 e. The fraction of sp³-hybridized carbons (Fsp3) is 0.333. The number of halogens is 3. The molecule has 3 heteroatoms. The van der Waals surface area contributed by atoms with Crippen molar-refractivity contribution in [1.82, 2.24) is 0 Å². The molecule has 1 aliphatic rings. The van der Waals surface area contributed by atoms with E-state index in [1.807, 2.05) is 0 Å². The number of allylic oxidation sites excluding steroid dienone is 6. The van der Waals surface area contributed by atoms with Crippen molar-refractivity contribution >= 4 is 0 Å². The number of hydrogen-bond donors (Lipinski definition) is 0. The van der Waals surface area contributed by atoms with Crippen molar-refractivity contribution in [3.63, 3.8) is 0 Å². The van der Waals surface area contributed by atoms with Gasteiger partial charge in [0.1, 0.15) is 0 Å². The summed E-state index contributed by atoms with van der Waals surface area (Å²) < 4.78 is 37.7. The normalized spacial score (nSPS) is 22.3. The van der Waals surface area contributed by atoms with Crippen LogP contribution in [0.4, 0.5) is 13.2 Å². The second kappa shape index (κ2) is 8.06. The molecule has 0 aromatic heterocycles. The Labute approximate surface area is 141 Å². The highest BCUT2D eigenvalue weighted by Gasteiger charge is 2.29. The van der Waals surface area contributed by atoms with Crippen molar-refractivity contribution in [2.45, 2.75) is 45.7 Å². The van der Waals surface area contributed by atoms with Crippen LogP contribution < -0.4 is 0 Å². The minimum absolute atomic E-state index is 0.585. The van der Waals surface area contributed by atoms with E-state index in [1.165, 1.54) is 23.3 Å². The maximum atomic E-state index is 12.6. The van der Waals surface area contributed by atoms with Gasteiger partial charge in [0.2, 0.25) is 0 Å². The highest BCUT2D eigenvalue weighted by Crippen LogP contribution is 2.29. The lowest BCUT2D eigenvalue weighted by molar-refractivity contribution is -0.137. The average Bonchev–Trinajstić information content (AvgIpc) is 2.63. The molecule has 0 atom stereocenters. The van der Waals surface area contributed by atoms with Crippen LogP contribution >= 0.6 is 0 Å². The number of alkyl halides is 3. The second-order valence-electron chi connectivity index (χ2n) is 5.94. The van der Waals surface area contributed by atoms with Crippen LogP contribution in [0.3, 0.4) is 0 Å². The van der Waals surface area contributed by atoms with E-state index in [-0.39, 0.29) is 0 Å². The molecule has 1 aromatic carbocycles. The molecular weight excluding hydrogens is 309 g/mol. The number of rotatable bonds is 1. The molecule has 0 aliphatic heterocycles. The molecule has 0 bridgehead atoms. The third kappa shape index (κ3) is 5.45. The number of hydrogen-bond acceptors (Lipinski definition) is 0. The molecule has 0 N–H and O–H groups in total. The van der Waals surface area contributed by atoms with Gasteiger partial charge in [0.15, 0.2) is 0 Å². The van der Waals surface area contributed by atoms with Gasteiger partial charge in [-0.25, -0.2) is 0 Å². The summed E-state index contributed by atoms with van der Waals surface area (Å²) in [4.78, 5) is 0. The van der Waals surface area contributed by atoms with Crippen molar-refractivity contribution in [1.29, 1.82) is 0 Å². The Balaban J connectivity index is 2.24. The first-order valence-electron chi connectivity index (χ1n) is 8.15. The van der Waals surface area contributed by atoms with Gasteiger partial charge in [0, 0.05) is 11.1 Å². The van der Waals surface area contributed by atoms with E-state index in [9.17, 15) is 13.2 Å². The van der Waals surface area contributed by atoms with Crippen LogP contribution in [0.15, 0.2) is 59.2 Å². The molecule has 0 heterocycles. The summed E-state index contributed by atoms with van der Waals surface area (Å²) >= 11 is 0. The highest BCUT2D eigenvalue weighted by atomic mass is 19.4. The molecule has 0 radical (unpaired) electrons. The summed E-state index contributed by atoms with van der Waals surface area (Å²) in [6.45, 7) is 4.25. The standard InChI is InChI=1S/C21H21F3/c1-3-17-14-16(2)6-4-5-7-19(15-17)9-8-18-10-12-20(13-11-18)21(22,23)24/h7,10-15H,3-6H2,1-2H3/b16-14-,17-15-,19-7-. The summed E-state index contributed by atoms with van der Waals surface area (Å²) in [7, 11) is 0. The third-order valence-corrected chi connectivity index (χ3v) is 3.88. The van der Waals surface area contributed by atoms with E-state index >= 15 is 0 Å². The molecule has 0 saturated heterocycles. The van der Waals surface area contributed by atoms with Gasteiger partial charge in [-0.2, -0.15) is 13.2 Å². The van der Waals surface area contributed by atoms with E-state index in [2.05, 4.69) is 43.9 Å². The van der Waals surface area contributed by atoms with Crippen LogP contribution in [-0.4, -0.2) is 0 Å². The van der Waals surface area contributed by atoms with Gasteiger partial charge in [0.25, 0.3) is 0 Å². The van der Waals surface area contributed by atoms with E-state index in [4.69, 9.17) is 0 Å². The van der Waals surface area contributed by atoms with Gasteiger partial charge in [0.05, 0.1) is 5.56 Å². The molecule has 0 nitrogen and oxygen atoms in total. The quantitative estimate of drug-likeness (QED) is 0.519. The predicted molar refractivity (Wildman–Crippen MR) is 92.4 cm³/mol. The van der Waals surface area contributed by atoms with Crippen LogP contribution in [-0.2, 0) is 6.18 Å². The largest absolute Gasteiger partial charge is 0.416 e. The Morgan fingerprint density at radius 2 is 1.75 bits per heavy atom. The molecule has 0 spiro atoms. The fourth-order valence-corrected chi connectivity index (χ4v) is 2.51. The van der Waals surface area contributed by atoms with Gasteiger partial charge in [-0.3, -0.25) is 0 Å².